The zero-order chi connectivity index (χ0) is 20.2. The first-order valence-electron chi connectivity index (χ1n) is 9.45. The van der Waals surface area contributed by atoms with Gasteiger partial charge >= 0.3 is 6.55 Å². The second-order valence-corrected chi connectivity index (χ2v) is 8.60. The molecule has 28 heavy (non-hydrogen) atoms. The maximum atomic E-state index is 14.6. The van der Waals surface area contributed by atoms with E-state index in [0.717, 1.165) is 22.1 Å². The van der Waals surface area contributed by atoms with E-state index >= 15 is 0 Å². The highest BCUT2D eigenvalue weighted by Gasteiger charge is 2.26. The van der Waals surface area contributed by atoms with Crippen molar-refractivity contribution in [3.05, 3.63) is 53.2 Å². The van der Waals surface area contributed by atoms with Crippen molar-refractivity contribution in [2.45, 2.75) is 45.7 Å². The fourth-order valence-corrected chi connectivity index (χ4v) is 4.08. The third-order valence-corrected chi connectivity index (χ3v) is 5.46. The third-order valence-electron chi connectivity index (χ3n) is 5.46. The van der Waals surface area contributed by atoms with Crippen molar-refractivity contribution >= 4 is 10.9 Å². The van der Waals surface area contributed by atoms with E-state index in [9.17, 15) is 13.2 Å². The molecule has 3 nitrogen and oxygen atoms in total. The van der Waals surface area contributed by atoms with E-state index in [4.69, 9.17) is 0 Å². The summed E-state index contributed by atoms with van der Waals surface area (Å²) in [4.78, 5) is 6.44. The van der Waals surface area contributed by atoms with Gasteiger partial charge in [-0.15, -0.1) is 0 Å². The summed E-state index contributed by atoms with van der Waals surface area (Å²) < 4.78 is 43.5. The number of halogens is 3. The van der Waals surface area contributed by atoms with E-state index in [1.54, 1.807) is 12.3 Å². The molecular formula is C22H24F3N3. The van der Waals surface area contributed by atoms with Gasteiger partial charge in [-0.1, -0.05) is 32.9 Å². The number of aromatic nitrogens is 2. The van der Waals surface area contributed by atoms with E-state index in [2.05, 4.69) is 9.88 Å². The van der Waals surface area contributed by atoms with Gasteiger partial charge in [-0.3, -0.25) is 9.55 Å². The summed E-state index contributed by atoms with van der Waals surface area (Å²) in [5.74, 6) is -0.379. The van der Waals surface area contributed by atoms with Gasteiger partial charge in [0.25, 0.3) is 0 Å². The Morgan fingerprint density at radius 2 is 1.86 bits per heavy atom. The zero-order valence-electron chi connectivity index (χ0n) is 16.6. The van der Waals surface area contributed by atoms with Gasteiger partial charge in [0.2, 0.25) is 0 Å². The number of likely N-dealkylation sites (N-methyl/N-ethyl adjacent to an activating group) is 1. The number of hydrogen-bond donors (Lipinski definition) is 0. The summed E-state index contributed by atoms with van der Waals surface area (Å²) in [6.07, 6.45) is 2.21. The fourth-order valence-electron chi connectivity index (χ4n) is 4.08. The second kappa shape index (κ2) is 6.62. The van der Waals surface area contributed by atoms with Gasteiger partial charge in [0.15, 0.2) is 0 Å². The summed E-state index contributed by atoms with van der Waals surface area (Å²) in [6.45, 7) is 4.51. The number of fused-ring (bicyclic) bond motifs is 3. The maximum absolute atomic E-state index is 14.6. The van der Waals surface area contributed by atoms with Gasteiger partial charge in [0.05, 0.1) is 11.2 Å². The highest BCUT2D eigenvalue weighted by molar-refractivity contribution is 5.89. The van der Waals surface area contributed by atoms with E-state index in [0.29, 0.717) is 41.0 Å². The van der Waals surface area contributed by atoms with E-state index in [1.807, 2.05) is 40.0 Å². The minimum Gasteiger partial charge on any atom is -0.302 e. The van der Waals surface area contributed by atoms with Crippen LogP contribution in [-0.2, 0) is 18.4 Å². The summed E-state index contributed by atoms with van der Waals surface area (Å²) in [5.41, 5.74) is 3.42. The van der Waals surface area contributed by atoms with Crippen LogP contribution in [-0.4, -0.2) is 28.0 Å². The first-order chi connectivity index (χ1) is 13.2. The molecule has 1 aromatic carbocycles. The lowest BCUT2D eigenvalue weighted by atomic mass is 9.90. The molecule has 3 heterocycles. The molecule has 4 rings (SSSR count). The van der Waals surface area contributed by atoms with Crippen LogP contribution in [0.2, 0.25) is 0 Å². The summed E-state index contributed by atoms with van der Waals surface area (Å²) in [7, 11) is 1.99. The molecule has 3 aromatic rings. The summed E-state index contributed by atoms with van der Waals surface area (Å²) in [5, 5.41) is 0.838. The van der Waals surface area contributed by atoms with Gasteiger partial charge in [-0.25, -0.2) is 4.39 Å². The number of alkyl halides is 2. The number of rotatable bonds is 2. The number of benzene rings is 1. The minimum absolute atomic E-state index is 0.379. The van der Waals surface area contributed by atoms with Crippen molar-refractivity contribution in [3.8, 4) is 11.1 Å². The largest absolute Gasteiger partial charge is 0.319 e. The molecule has 0 unspecified atom stereocenters. The lowest BCUT2D eigenvalue weighted by Gasteiger charge is -2.24. The molecule has 0 atom stereocenters. The molecule has 1 aliphatic heterocycles. The molecule has 0 amide bonds. The van der Waals surface area contributed by atoms with E-state index in [-0.39, 0.29) is 5.82 Å². The Kier molecular flexibility index (Phi) is 4.49. The Bertz CT molecular complexity index is 1050. The van der Waals surface area contributed by atoms with E-state index in [1.165, 1.54) is 6.07 Å². The lowest BCUT2D eigenvalue weighted by molar-refractivity contribution is 0.0708. The topological polar surface area (TPSA) is 21.1 Å². The highest BCUT2D eigenvalue weighted by Crippen LogP contribution is 2.36. The number of pyridine rings is 1. The Hall–Kier alpha value is -2.34. The number of hydrogen-bond acceptors (Lipinski definition) is 2. The minimum atomic E-state index is -2.61. The molecule has 0 spiro atoms. The normalized spacial score (nSPS) is 15.4. The molecular weight excluding hydrogens is 363 g/mol. The van der Waals surface area contributed by atoms with Crippen LogP contribution in [0.5, 0.6) is 0 Å². The van der Waals surface area contributed by atoms with Crippen LogP contribution >= 0.6 is 0 Å². The molecule has 0 fully saturated rings. The van der Waals surface area contributed by atoms with Crippen molar-refractivity contribution in [2.75, 3.05) is 13.6 Å². The van der Waals surface area contributed by atoms with Crippen molar-refractivity contribution in [1.29, 1.82) is 0 Å². The van der Waals surface area contributed by atoms with Gasteiger partial charge < -0.3 is 4.90 Å². The van der Waals surface area contributed by atoms with Crippen molar-refractivity contribution in [2.24, 2.45) is 0 Å². The van der Waals surface area contributed by atoms with Gasteiger partial charge in [-0.2, -0.15) is 8.78 Å². The fraction of sp³-hybridized carbons (Fsp3) is 0.409. The molecule has 0 bridgehead atoms. The molecule has 0 saturated heterocycles. The van der Waals surface area contributed by atoms with Gasteiger partial charge in [0, 0.05) is 47.8 Å². The van der Waals surface area contributed by atoms with Crippen LogP contribution in [0.3, 0.4) is 0 Å². The molecule has 0 aliphatic carbocycles. The molecule has 6 heteroatoms. The van der Waals surface area contributed by atoms with Crippen LogP contribution in [0.25, 0.3) is 22.0 Å². The Morgan fingerprint density at radius 3 is 2.50 bits per heavy atom. The zero-order valence-corrected chi connectivity index (χ0v) is 16.6. The van der Waals surface area contributed by atoms with Crippen LogP contribution in [0.15, 0.2) is 30.5 Å². The number of nitrogens with zero attached hydrogens (tertiary/aromatic N) is 3. The average molecular weight is 387 g/mol. The van der Waals surface area contributed by atoms with Crippen molar-refractivity contribution in [3.63, 3.8) is 0 Å². The summed E-state index contributed by atoms with van der Waals surface area (Å²) >= 11 is 0. The molecule has 148 valence electrons. The average Bonchev–Trinajstić information content (AvgIpc) is 2.93. The standard InChI is InChI=1S/C22H24F3N3/c1-22(2,3)20-17(23)9-14(11-26-20)13-5-6-15-16-12-27(4)8-7-18(16)28(21(24)25)19(15)10-13/h5-6,9-11,21H,7-8,12H2,1-4H3. The third kappa shape index (κ3) is 3.09. The predicted octanol–water partition coefficient (Wildman–Crippen LogP) is 5.52. The van der Waals surface area contributed by atoms with Crippen LogP contribution < -0.4 is 0 Å². The molecule has 1 aliphatic rings. The van der Waals surface area contributed by atoms with E-state index < -0.39 is 12.0 Å². The van der Waals surface area contributed by atoms with Gasteiger partial charge in [-0.05, 0) is 30.3 Å². The molecule has 0 saturated carbocycles. The van der Waals surface area contributed by atoms with Gasteiger partial charge in [0.1, 0.15) is 5.82 Å². The summed E-state index contributed by atoms with van der Waals surface area (Å²) in [6, 6.07) is 6.91. The first kappa shape index (κ1) is 19.0. The van der Waals surface area contributed by atoms with Crippen LogP contribution in [0.4, 0.5) is 13.2 Å². The lowest BCUT2D eigenvalue weighted by Crippen LogP contribution is -2.27. The SMILES string of the molecule is CN1CCc2c(c3ccc(-c4cnc(C(C)(C)C)c(F)c4)cc3n2C(F)F)C1. The predicted molar refractivity (Wildman–Crippen MR) is 105 cm³/mol. The Balaban J connectivity index is 1.87. The monoisotopic (exact) mass is 387 g/mol. The Labute approximate surface area is 162 Å². The van der Waals surface area contributed by atoms with Crippen LogP contribution in [0.1, 0.15) is 44.3 Å². The van der Waals surface area contributed by atoms with Crippen molar-refractivity contribution in [1.82, 2.24) is 14.5 Å². The molecule has 2 aromatic heterocycles. The second-order valence-electron chi connectivity index (χ2n) is 8.60. The maximum Gasteiger partial charge on any atom is 0.319 e. The van der Waals surface area contributed by atoms with Crippen LogP contribution in [0, 0.1) is 5.82 Å². The Morgan fingerprint density at radius 1 is 1.11 bits per heavy atom. The first-order valence-corrected chi connectivity index (χ1v) is 9.45. The highest BCUT2D eigenvalue weighted by atomic mass is 19.3. The van der Waals surface area contributed by atoms with Crippen molar-refractivity contribution < 1.29 is 13.2 Å². The molecule has 0 radical (unpaired) electrons. The smallest absolute Gasteiger partial charge is 0.302 e. The molecule has 0 N–H and O–H groups in total. The quantitative estimate of drug-likeness (QED) is 0.577.